The van der Waals surface area contributed by atoms with Gasteiger partial charge in [0.1, 0.15) is 10.7 Å². The van der Waals surface area contributed by atoms with Crippen molar-refractivity contribution >= 4 is 44.8 Å². The third-order valence-corrected chi connectivity index (χ3v) is 5.24. The van der Waals surface area contributed by atoms with E-state index in [0.29, 0.717) is 9.35 Å². The maximum absolute atomic E-state index is 13.7. The van der Waals surface area contributed by atoms with Gasteiger partial charge in [0.15, 0.2) is 6.10 Å². The number of esters is 1. The van der Waals surface area contributed by atoms with Crippen LogP contribution in [0.2, 0.25) is 0 Å². The van der Waals surface area contributed by atoms with Gasteiger partial charge in [0.05, 0.1) is 5.69 Å². The van der Waals surface area contributed by atoms with Gasteiger partial charge in [-0.15, -0.1) is 11.3 Å². The molecule has 2 aromatic rings. The molecule has 1 atom stereocenters. The van der Waals surface area contributed by atoms with Crippen LogP contribution < -0.4 is 5.32 Å². The normalized spacial score (nSPS) is 11.9. The van der Waals surface area contributed by atoms with Gasteiger partial charge >= 0.3 is 5.97 Å². The molecule has 0 spiro atoms. The van der Waals surface area contributed by atoms with Crippen molar-refractivity contribution in [3.05, 3.63) is 49.9 Å². The van der Waals surface area contributed by atoms with E-state index in [9.17, 15) is 14.0 Å². The predicted molar refractivity (Wildman–Crippen MR) is 96.0 cm³/mol. The molecule has 24 heavy (non-hydrogen) atoms. The molecule has 1 heterocycles. The Balaban J connectivity index is 2.01. The van der Waals surface area contributed by atoms with Crippen molar-refractivity contribution in [1.82, 2.24) is 0 Å². The Hall–Kier alpha value is -1.73. The van der Waals surface area contributed by atoms with E-state index in [1.807, 2.05) is 13.8 Å². The number of benzene rings is 1. The van der Waals surface area contributed by atoms with Crippen LogP contribution >= 0.6 is 27.3 Å². The molecule has 0 saturated heterocycles. The van der Waals surface area contributed by atoms with Gasteiger partial charge in [-0.1, -0.05) is 22.9 Å². The molecule has 0 unspecified atom stereocenters. The second kappa shape index (κ2) is 7.90. The molecular formula is C17H17BrFNO3S. The van der Waals surface area contributed by atoms with Gasteiger partial charge in [-0.25, -0.2) is 9.18 Å². The van der Waals surface area contributed by atoms with Crippen molar-refractivity contribution < 1.29 is 18.7 Å². The van der Waals surface area contributed by atoms with Crippen molar-refractivity contribution in [2.75, 3.05) is 5.32 Å². The van der Waals surface area contributed by atoms with Gasteiger partial charge in [-0.05, 0) is 50.1 Å². The maximum atomic E-state index is 13.7. The molecule has 0 aliphatic heterocycles. The first-order chi connectivity index (χ1) is 11.3. The molecule has 0 bridgehead atoms. The molecule has 0 aliphatic rings. The zero-order valence-corrected chi connectivity index (χ0v) is 15.9. The molecule has 1 aromatic carbocycles. The summed E-state index contributed by atoms with van der Waals surface area (Å²) >= 11 is 4.50. The minimum absolute atomic E-state index is 0.0336. The lowest BCUT2D eigenvalue weighted by molar-refractivity contribution is -0.123. The summed E-state index contributed by atoms with van der Waals surface area (Å²) in [7, 11) is 0. The number of halogens is 2. The molecular weight excluding hydrogens is 397 g/mol. The highest BCUT2D eigenvalue weighted by Gasteiger charge is 2.21. The summed E-state index contributed by atoms with van der Waals surface area (Å²) in [5, 5.41) is 2.41. The first kappa shape index (κ1) is 18.6. The third kappa shape index (κ3) is 4.42. The Morgan fingerprint density at radius 3 is 2.67 bits per heavy atom. The summed E-state index contributed by atoms with van der Waals surface area (Å²) in [6.45, 7) is 5.39. The van der Waals surface area contributed by atoms with Crippen LogP contribution in [0.5, 0.6) is 0 Å². The van der Waals surface area contributed by atoms with Crippen LogP contribution in [0.3, 0.4) is 0 Å². The standard InChI is InChI=1S/C17H17BrFNO3S/c1-4-14-9(2)7-15(24-14)17(22)23-10(3)16(21)20-13-6-5-11(18)8-12(13)19/h5-8,10H,4H2,1-3H3,(H,20,21)/t10-/m1/s1. The summed E-state index contributed by atoms with van der Waals surface area (Å²) in [5.74, 6) is -1.71. The van der Waals surface area contributed by atoms with Crippen molar-refractivity contribution in [1.29, 1.82) is 0 Å². The highest BCUT2D eigenvalue weighted by Crippen LogP contribution is 2.24. The first-order valence-electron chi connectivity index (χ1n) is 7.38. The second-order valence-electron chi connectivity index (χ2n) is 5.23. The summed E-state index contributed by atoms with van der Waals surface area (Å²) in [6.07, 6.45) is -0.198. The molecule has 0 aliphatic carbocycles. The van der Waals surface area contributed by atoms with Gasteiger partial charge in [0, 0.05) is 9.35 Å². The van der Waals surface area contributed by atoms with Crippen LogP contribution in [-0.4, -0.2) is 18.0 Å². The van der Waals surface area contributed by atoms with E-state index < -0.39 is 23.8 Å². The van der Waals surface area contributed by atoms with Crippen LogP contribution in [0.4, 0.5) is 10.1 Å². The lowest BCUT2D eigenvalue weighted by atomic mass is 10.2. The first-order valence-corrected chi connectivity index (χ1v) is 8.99. The fourth-order valence-electron chi connectivity index (χ4n) is 2.07. The highest BCUT2D eigenvalue weighted by atomic mass is 79.9. The predicted octanol–water partition coefficient (Wildman–Crippen LogP) is 4.70. The van der Waals surface area contributed by atoms with Crippen molar-refractivity contribution in [2.45, 2.75) is 33.3 Å². The molecule has 7 heteroatoms. The Morgan fingerprint density at radius 2 is 2.08 bits per heavy atom. The molecule has 128 valence electrons. The average Bonchev–Trinajstić information content (AvgIpc) is 2.91. The minimum atomic E-state index is -1.03. The number of nitrogens with one attached hydrogen (secondary N) is 1. The summed E-state index contributed by atoms with van der Waals surface area (Å²) in [4.78, 5) is 25.8. The molecule has 0 fully saturated rings. The molecule has 0 radical (unpaired) electrons. The molecule has 2 rings (SSSR count). The van der Waals surface area contributed by atoms with Crippen molar-refractivity contribution in [2.24, 2.45) is 0 Å². The number of aryl methyl sites for hydroxylation is 2. The molecule has 1 amide bonds. The lowest BCUT2D eigenvalue weighted by Gasteiger charge is -2.13. The van der Waals surface area contributed by atoms with Gasteiger partial charge in [0.25, 0.3) is 5.91 Å². The van der Waals surface area contributed by atoms with Crippen molar-refractivity contribution in [3.8, 4) is 0 Å². The quantitative estimate of drug-likeness (QED) is 0.722. The average molecular weight is 414 g/mol. The van der Waals surface area contributed by atoms with Crippen LogP contribution in [0.15, 0.2) is 28.7 Å². The molecule has 4 nitrogen and oxygen atoms in total. The van der Waals surface area contributed by atoms with Crippen LogP contribution in [-0.2, 0) is 16.0 Å². The van der Waals surface area contributed by atoms with Gasteiger partial charge in [-0.3, -0.25) is 4.79 Å². The van der Waals surface area contributed by atoms with E-state index in [0.717, 1.165) is 16.9 Å². The number of hydrogen-bond donors (Lipinski definition) is 1. The zero-order chi connectivity index (χ0) is 17.9. The Morgan fingerprint density at radius 1 is 1.38 bits per heavy atom. The number of carbonyl (C=O) groups excluding carboxylic acids is 2. The highest BCUT2D eigenvalue weighted by molar-refractivity contribution is 9.10. The number of rotatable bonds is 5. The molecule has 1 N–H and O–H groups in total. The van der Waals surface area contributed by atoms with E-state index in [1.54, 1.807) is 12.1 Å². The third-order valence-electron chi connectivity index (χ3n) is 3.38. The summed E-state index contributed by atoms with van der Waals surface area (Å²) in [5.41, 5.74) is 1.06. The number of anilines is 1. The topological polar surface area (TPSA) is 55.4 Å². The van der Waals surface area contributed by atoms with Crippen LogP contribution in [0.1, 0.15) is 34.0 Å². The SMILES string of the molecule is CCc1sc(C(=O)O[C@H](C)C(=O)Nc2ccc(Br)cc2F)cc1C. The van der Waals surface area contributed by atoms with Gasteiger partial charge in [-0.2, -0.15) is 0 Å². The fourth-order valence-corrected chi connectivity index (χ4v) is 3.40. The van der Waals surface area contributed by atoms with E-state index in [1.165, 1.54) is 30.4 Å². The zero-order valence-electron chi connectivity index (χ0n) is 13.5. The van der Waals surface area contributed by atoms with Crippen LogP contribution in [0.25, 0.3) is 0 Å². The number of hydrogen-bond acceptors (Lipinski definition) is 4. The number of amides is 1. The van der Waals surface area contributed by atoms with E-state index in [2.05, 4.69) is 21.2 Å². The Bertz CT molecular complexity index is 775. The van der Waals surface area contributed by atoms with E-state index in [-0.39, 0.29) is 5.69 Å². The molecule has 0 saturated carbocycles. The number of thiophene rings is 1. The van der Waals surface area contributed by atoms with Crippen molar-refractivity contribution in [3.63, 3.8) is 0 Å². The maximum Gasteiger partial charge on any atom is 0.349 e. The minimum Gasteiger partial charge on any atom is -0.448 e. The smallest absolute Gasteiger partial charge is 0.349 e. The van der Waals surface area contributed by atoms with E-state index >= 15 is 0 Å². The Labute approximate surface area is 152 Å². The molecule has 1 aromatic heterocycles. The van der Waals surface area contributed by atoms with Gasteiger partial charge < -0.3 is 10.1 Å². The number of carbonyl (C=O) groups is 2. The van der Waals surface area contributed by atoms with Crippen LogP contribution in [0, 0.1) is 12.7 Å². The number of ether oxygens (including phenoxy) is 1. The Kier molecular flexibility index (Phi) is 6.12. The lowest BCUT2D eigenvalue weighted by Crippen LogP contribution is -2.30. The monoisotopic (exact) mass is 413 g/mol. The fraction of sp³-hybridized carbons (Fsp3) is 0.294. The van der Waals surface area contributed by atoms with Gasteiger partial charge in [0.2, 0.25) is 0 Å². The second-order valence-corrected chi connectivity index (χ2v) is 7.28. The van der Waals surface area contributed by atoms with E-state index in [4.69, 9.17) is 4.74 Å². The summed E-state index contributed by atoms with van der Waals surface area (Å²) < 4.78 is 19.5. The largest absolute Gasteiger partial charge is 0.448 e. The summed E-state index contributed by atoms with van der Waals surface area (Å²) in [6, 6.07) is 6.04.